The van der Waals surface area contributed by atoms with Gasteiger partial charge in [-0.05, 0) is 42.3 Å². The summed E-state index contributed by atoms with van der Waals surface area (Å²) in [4.78, 5) is 12.2. The summed E-state index contributed by atoms with van der Waals surface area (Å²) in [5.74, 6) is -0.0435. The lowest BCUT2D eigenvalue weighted by molar-refractivity contribution is -0.117. The average molecular weight is 420 g/mol. The molecule has 1 atom stereocenters. The number of aromatic hydroxyl groups is 1. The van der Waals surface area contributed by atoms with Crippen molar-refractivity contribution in [3.05, 3.63) is 42.5 Å². The van der Waals surface area contributed by atoms with Crippen LogP contribution in [0.4, 0.5) is 17.1 Å². The molecule has 158 valence electrons. The van der Waals surface area contributed by atoms with E-state index >= 15 is 0 Å². The molecule has 0 bridgehead atoms. The molecule has 0 aliphatic heterocycles. The zero-order chi connectivity index (χ0) is 21.4. The van der Waals surface area contributed by atoms with Gasteiger partial charge >= 0.3 is 0 Å². The number of phenolic OH excluding ortho intramolecular Hbond substituents is 1. The van der Waals surface area contributed by atoms with E-state index in [0.717, 1.165) is 19.3 Å². The van der Waals surface area contributed by atoms with E-state index in [1.807, 2.05) is 0 Å². The van der Waals surface area contributed by atoms with Crippen molar-refractivity contribution < 1.29 is 18.3 Å². The molecule has 1 amide bonds. The minimum absolute atomic E-state index is 0.0136. The highest BCUT2D eigenvalue weighted by atomic mass is 32.2. The summed E-state index contributed by atoms with van der Waals surface area (Å²) in [7, 11) is -3.89. The van der Waals surface area contributed by atoms with Crippen molar-refractivity contribution in [1.82, 2.24) is 0 Å². The fourth-order valence-electron chi connectivity index (χ4n) is 2.93. The first-order valence-electron chi connectivity index (χ1n) is 9.72. The van der Waals surface area contributed by atoms with Crippen LogP contribution in [0.1, 0.15) is 46.0 Å². The first kappa shape index (κ1) is 22.5. The number of hydrogen-bond donors (Lipinski definition) is 4. The topological polar surface area (TPSA) is 122 Å². The van der Waals surface area contributed by atoms with Crippen molar-refractivity contribution >= 4 is 33.0 Å². The van der Waals surface area contributed by atoms with Crippen molar-refractivity contribution in [1.29, 1.82) is 0 Å². The van der Waals surface area contributed by atoms with Gasteiger partial charge in [0.25, 0.3) is 10.0 Å². The number of nitrogens with one attached hydrogen (secondary N) is 2. The molecule has 0 fully saturated rings. The van der Waals surface area contributed by atoms with Crippen molar-refractivity contribution in [2.24, 2.45) is 5.92 Å². The lowest BCUT2D eigenvalue weighted by atomic mass is 9.99. The Balaban J connectivity index is 1.97. The molecule has 0 saturated carbocycles. The van der Waals surface area contributed by atoms with Crippen molar-refractivity contribution in [3.8, 4) is 5.75 Å². The molecule has 0 radical (unpaired) electrons. The molecule has 8 heteroatoms. The van der Waals surface area contributed by atoms with Crippen LogP contribution in [0.25, 0.3) is 0 Å². The number of phenols is 1. The molecule has 7 nitrogen and oxygen atoms in total. The number of carbonyl (C=O) groups excluding carboxylic acids is 1. The van der Waals surface area contributed by atoms with E-state index in [0.29, 0.717) is 23.7 Å². The van der Waals surface area contributed by atoms with Gasteiger partial charge in [0.05, 0.1) is 10.6 Å². The molecule has 0 saturated heterocycles. The van der Waals surface area contributed by atoms with Gasteiger partial charge in [-0.1, -0.05) is 39.5 Å². The molecule has 29 heavy (non-hydrogen) atoms. The molecular formula is C21H29N3O4S. The summed E-state index contributed by atoms with van der Waals surface area (Å²) in [5.41, 5.74) is 6.44. The Morgan fingerprint density at radius 2 is 1.83 bits per heavy atom. The van der Waals surface area contributed by atoms with Crippen LogP contribution in [0.5, 0.6) is 5.75 Å². The quantitative estimate of drug-likeness (QED) is 0.260. The summed E-state index contributed by atoms with van der Waals surface area (Å²) in [5, 5.41) is 12.6. The summed E-state index contributed by atoms with van der Waals surface area (Å²) in [6, 6.07) is 10.0. The lowest BCUT2D eigenvalue weighted by Gasteiger charge is -2.12. The number of nitrogen functional groups attached to an aromatic ring is 1. The van der Waals surface area contributed by atoms with Crippen molar-refractivity contribution in [2.45, 2.75) is 50.8 Å². The van der Waals surface area contributed by atoms with Crippen LogP contribution >= 0.6 is 0 Å². The SMILES string of the molecule is CCCCC[C@@H](C)CC(=O)Nc1ccc(S(=O)(=O)Nc2ccc(N)cc2O)cc1. The van der Waals surface area contributed by atoms with Gasteiger partial charge in [-0.15, -0.1) is 0 Å². The number of hydrogen-bond acceptors (Lipinski definition) is 5. The molecule has 0 spiro atoms. The largest absolute Gasteiger partial charge is 0.506 e. The van der Waals surface area contributed by atoms with E-state index in [4.69, 9.17) is 5.73 Å². The maximum absolute atomic E-state index is 12.5. The van der Waals surface area contributed by atoms with Gasteiger partial charge in [0.1, 0.15) is 5.75 Å². The predicted octanol–water partition coefficient (Wildman–Crippen LogP) is 4.32. The van der Waals surface area contributed by atoms with E-state index in [9.17, 15) is 18.3 Å². The summed E-state index contributed by atoms with van der Waals surface area (Å²) in [6.07, 6.45) is 4.89. The second kappa shape index (κ2) is 10.2. The number of sulfonamides is 1. The molecule has 0 aliphatic carbocycles. The van der Waals surface area contributed by atoms with E-state index in [1.165, 1.54) is 48.9 Å². The Hall–Kier alpha value is -2.74. The highest BCUT2D eigenvalue weighted by Crippen LogP contribution is 2.28. The number of benzene rings is 2. The molecule has 2 aromatic rings. The third-order valence-electron chi connectivity index (χ3n) is 4.55. The van der Waals surface area contributed by atoms with Gasteiger partial charge in [-0.3, -0.25) is 9.52 Å². The second-order valence-electron chi connectivity index (χ2n) is 7.26. The maximum Gasteiger partial charge on any atom is 0.262 e. The molecule has 0 aliphatic rings. The zero-order valence-corrected chi connectivity index (χ0v) is 17.6. The van der Waals surface area contributed by atoms with Gasteiger partial charge in [-0.25, -0.2) is 8.42 Å². The number of rotatable bonds is 10. The molecular weight excluding hydrogens is 390 g/mol. The van der Waals surface area contributed by atoms with Gasteiger partial charge < -0.3 is 16.2 Å². The van der Waals surface area contributed by atoms with Gasteiger partial charge in [0.2, 0.25) is 5.91 Å². The average Bonchev–Trinajstić information content (AvgIpc) is 2.64. The predicted molar refractivity (Wildman–Crippen MR) is 116 cm³/mol. The minimum atomic E-state index is -3.89. The fraction of sp³-hybridized carbons (Fsp3) is 0.381. The van der Waals surface area contributed by atoms with Gasteiger partial charge in [0, 0.05) is 23.9 Å². The first-order chi connectivity index (χ1) is 13.7. The Morgan fingerprint density at radius 3 is 2.45 bits per heavy atom. The van der Waals surface area contributed by atoms with Crippen LogP contribution in [-0.2, 0) is 14.8 Å². The van der Waals surface area contributed by atoms with Crippen molar-refractivity contribution in [2.75, 3.05) is 15.8 Å². The number of nitrogens with two attached hydrogens (primary N) is 1. The third kappa shape index (κ3) is 6.98. The van der Waals surface area contributed by atoms with Crippen LogP contribution in [0.2, 0.25) is 0 Å². The summed E-state index contributed by atoms with van der Waals surface area (Å²) < 4.78 is 27.3. The highest BCUT2D eigenvalue weighted by molar-refractivity contribution is 7.92. The fourth-order valence-corrected chi connectivity index (χ4v) is 4.00. The Kier molecular flexibility index (Phi) is 7.90. The van der Waals surface area contributed by atoms with Crippen LogP contribution < -0.4 is 15.8 Å². The maximum atomic E-state index is 12.5. The van der Waals surface area contributed by atoms with Crippen molar-refractivity contribution in [3.63, 3.8) is 0 Å². The molecule has 0 heterocycles. The van der Waals surface area contributed by atoms with E-state index in [-0.39, 0.29) is 22.2 Å². The Morgan fingerprint density at radius 1 is 1.14 bits per heavy atom. The zero-order valence-electron chi connectivity index (χ0n) is 16.8. The van der Waals surface area contributed by atoms with E-state index < -0.39 is 10.0 Å². The third-order valence-corrected chi connectivity index (χ3v) is 5.93. The monoisotopic (exact) mass is 419 g/mol. The normalized spacial score (nSPS) is 12.3. The number of unbranched alkanes of at least 4 members (excludes halogenated alkanes) is 2. The molecule has 2 aromatic carbocycles. The summed E-state index contributed by atoms with van der Waals surface area (Å²) in [6.45, 7) is 4.21. The molecule has 0 aromatic heterocycles. The first-order valence-corrected chi connectivity index (χ1v) is 11.2. The summed E-state index contributed by atoms with van der Waals surface area (Å²) >= 11 is 0. The number of carbonyl (C=O) groups is 1. The standard InChI is InChI=1S/C21H29N3O4S/c1-3-4-5-6-15(2)13-21(26)23-17-8-10-18(11-9-17)29(27,28)24-19-12-7-16(22)14-20(19)25/h7-12,14-15,24-25H,3-6,13,22H2,1-2H3,(H,23,26)/t15-/m1/s1. The van der Waals surface area contributed by atoms with E-state index in [2.05, 4.69) is 23.9 Å². The van der Waals surface area contributed by atoms with Crippen LogP contribution in [0, 0.1) is 5.92 Å². The van der Waals surface area contributed by atoms with Crippen LogP contribution in [0.3, 0.4) is 0 Å². The lowest BCUT2D eigenvalue weighted by Crippen LogP contribution is -2.16. The highest BCUT2D eigenvalue weighted by Gasteiger charge is 2.16. The van der Waals surface area contributed by atoms with E-state index in [1.54, 1.807) is 0 Å². The van der Waals surface area contributed by atoms with Crippen LogP contribution in [-0.4, -0.2) is 19.4 Å². The minimum Gasteiger partial charge on any atom is -0.506 e. The number of anilines is 3. The molecule has 2 rings (SSSR count). The van der Waals surface area contributed by atoms with Crippen LogP contribution in [0.15, 0.2) is 47.4 Å². The smallest absolute Gasteiger partial charge is 0.262 e. The van der Waals surface area contributed by atoms with Gasteiger partial charge in [0.15, 0.2) is 0 Å². The molecule has 0 unspecified atom stereocenters. The Labute approximate surface area is 172 Å². The van der Waals surface area contributed by atoms with Gasteiger partial charge in [-0.2, -0.15) is 0 Å². The number of amides is 1. The Bertz CT molecular complexity index is 927. The second-order valence-corrected chi connectivity index (χ2v) is 8.94. The molecule has 5 N–H and O–H groups in total.